The van der Waals surface area contributed by atoms with Crippen LogP contribution in [0.5, 0.6) is 0 Å². The van der Waals surface area contributed by atoms with Crippen molar-refractivity contribution < 1.29 is 19.1 Å². The first-order chi connectivity index (χ1) is 8.86. The number of rotatable bonds is 9. The predicted molar refractivity (Wildman–Crippen MR) is 75.3 cm³/mol. The van der Waals surface area contributed by atoms with Crippen LogP contribution in [0, 0.1) is 5.92 Å². The molecule has 1 unspecified atom stereocenters. The highest BCUT2D eigenvalue weighted by Crippen LogP contribution is 2.12. The Labute approximate surface area is 124 Å². The van der Waals surface area contributed by atoms with Crippen molar-refractivity contribution in [3.63, 3.8) is 0 Å². The van der Waals surface area contributed by atoms with E-state index in [2.05, 4.69) is 0 Å². The molecule has 0 amide bonds. The molecule has 112 valence electrons. The largest absolute Gasteiger partial charge is 0.463 e. The van der Waals surface area contributed by atoms with Gasteiger partial charge in [0.15, 0.2) is 0 Å². The van der Waals surface area contributed by atoms with Gasteiger partial charge in [-0.2, -0.15) is 0 Å². The van der Waals surface area contributed by atoms with Crippen LogP contribution >= 0.6 is 23.2 Å². The molecular weight excluding hydrogens is 291 g/mol. The summed E-state index contributed by atoms with van der Waals surface area (Å²) in [7, 11) is 0. The van der Waals surface area contributed by atoms with Crippen LogP contribution in [0.1, 0.15) is 46.5 Å². The van der Waals surface area contributed by atoms with Gasteiger partial charge >= 0.3 is 11.9 Å². The summed E-state index contributed by atoms with van der Waals surface area (Å²) in [6, 6.07) is 0. The summed E-state index contributed by atoms with van der Waals surface area (Å²) >= 11 is 10.8. The van der Waals surface area contributed by atoms with Gasteiger partial charge in [0, 0.05) is 12.8 Å². The minimum absolute atomic E-state index is 0.0301. The third-order valence-corrected chi connectivity index (χ3v) is 2.81. The first kappa shape index (κ1) is 18.5. The SMILES string of the molecule is CCC(OC(=O)CCCC(=O)OCC(Cl)Cl)C(C)C. The van der Waals surface area contributed by atoms with E-state index in [4.69, 9.17) is 32.7 Å². The van der Waals surface area contributed by atoms with Gasteiger partial charge in [-0.3, -0.25) is 9.59 Å². The second-order valence-corrected chi connectivity index (χ2v) is 5.89. The van der Waals surface area contributed by atoms with Crippen molar-refractivity contribution in [3.8, 4) is 0 Å². The molecule has 4 nitrogen and oxygen atoms in total. The van der Waals surface area contributed by atoms with Crippen LogP contribution in [0.25, 0.3) is 0 Å². The number of carbonyl (C=O) groups excluding carboxylic acids is 2. The molecule has 0 fully saturated rings. The van der Waals surface area contributed by atoms with Crippen LogP contribution in [-0.2, 0) is 19.1 Å². The molecule has 0 aliphatic rings. The molecule has 0 N–H and O–H groups in total. The number of ether oxygens (including phenoxy) is 2. The van der Waals surface area contributed by atoms with Crippen LogP contribution in [0.2, 0.25) is 0 Å². The van der Waals surface area contributed by atoms with Gasteiger partial charge in [0.05, 0.1) is 0 Å². The van der Waals surface area contributed by atoms with Crippen LogP contribution in [-0.4, -0.2) is 29.5 Å². The summed E-state index contributed by atoms with van der Waals surface area (Å²) in [5.74, 6) is -0.390. The van der Waals surface area contributed by atoms with Crippen molar-refractivity contribution in [1.82, 2.24) is 0 Å². The second-order valence-electron chi connectivity index (χ2n) is 4.61. The van der Waals surface area contributed by atoms with Crippen LogP contribution in [0.3, 0.4) is 0 Å². The number of hydrogen-bond donors (Lipinski definition) is 0. The van der Waals surface area contributed by atoms with E-state index in [0.717, 1.165) is 6.42 Å². The fraction of sp³-hybridized carbons (Fsp3) is 0.846. The van der Waals surface area contributed by atoms with E-state index in [0.29, 0.717) is 12.3 Å². The Kier molecular flexibility index (Phi) is 10.1. The average molecular weight is 313 g/mol. The smallest absolute Gasteiger partial charge is 0.306 e. The maximum atomic E-state index is 11.5. The standard InChI is InChI=1S/C13H22Cl2O4/c1-4-10(9(2)3)19-13(17)7-5-6-12(16)18-8-11(14)15/h9-11H,4-8H2,1-3H3. The monoisotopic (exact) mass is 312 g/mol. The van der Waals surface area contributed by atoms with Gasteiger partial charge in [0.2, 0.25) is 0 Å². The minimum Gasteiger partial charge on any atom is -0.463 e. The van der Waals surface area contributed by atoms with Crippen molar-refractivity contribution >= 4 is 35.1 Å². The first-order valence-corrected chi connectivity index (χ1v) is 7.37. The Balaban J connectivity index is 3.76. The molecule has 0 spiro atoms. The number of hydrogen-bond acceptors (Lipinski definition) is 4. The maximum Gasteiger partial charge on any atom is 0.306 e. The van der Waals surface area contributed by atoms with Crippen LogP contribution < -0.4 is 0 Å². The van der Waals surface area contributed by atoms with Gasteiger partial charge in [-0.1, -0.05) is 20.8 Å². The van der Waals surface area contributed by atoms with Gasteiger partial charge in [-0.15, -0.1) is 23.2 Å². The van der Waals surface area contributed by atoms with E-state index in [1.165, 1.54) is 0 Å². The Morgan fingerprint density at radius 1 is 1.11 bits per heavy atom. The lowest BCUT2D eigenvalue weighted by Crippen LogP contribution is -2.22. The fourth-order valence-electron chi connectivity index (χ4n) is 1.52. The molecule has 0 radical (unpaired) electrons. The highest BCUT2D eigenvalue weighted by atomic mass is 35.5. The molecule has 0 aliphatic carbocycles. The summed E-state index contributed by atoms with van der Waals surface area (Å²) < 4.78 is 10.1. The number of esters is 2. The zero-order valence-corrected chi connectivity index (χ0v) is 13.2. The van der Waals surface area contributed by atoms with Crippen molar-refractivity contribution in [3.05, 3.63) is 0 Å². The number of alkyl halides is 2. The van der Waals surface area contributed by atoms with Crippen molar-refractivity contribution in [2.24, 2.45) is 5.92 Å². The summed E-state index contributed by atoms with van der Waals surface area (Å²) in [6.45, 7) is 5.96. The van der Waals surface area contributed by atoms with Crippen LogP contribution in [0.15, 0.2) is 0 Å². The molecule has 0 bridgehead atoms. The van der Waals surface area contributed by atoms with E-state index in [1.54, 1.807) is 0 Å². The number of carbonyl (C=O) groups is 2. The molecule has 0 rings (SSSR count). The molecular formula is C13H22Cl2O4. The van der Waals surface area contributed by atoms with Crippen molar-refractivity contribution in [2.45, 2.75) is 57.4 Å². The van der Waals surface area contributed by atoms with E-state index in [1.807, 2.05) is 20.8 Å². The summed E-state index contributed by atoms with van der Waals surface area (Å²) in [5.41, 5.74) is 0. The highest BCUT2D eigenvalue weighted by Gasteiger charge is 2.16. The summed E-state index contributed by atoms with van der Waals surface area (Å²) in [6.07, 6.45) is 1.50. The van der Waals surface area contributed by atoms with Gasteiger partial charge in [-0.25, -0.2) is 0 Å². The summed E-state index contributed by atoms with van der Waals surface area (Å²) in [4.78, 5) is 22.1. The molecule has 19 heavy (non-hydrogen) atoms. The van der Waals surface area contributed by atoms with E-state index < -0.39 is 10.8 Å². The predicted octanol–water partition coefficient (Wildman–Crippen LogP) is 3.48. The Morgan fingerprint density at radius 3 is 2.16 bits per heavy atom. The topological polar surface area (TPSA) is 52.6 Å². The molecule has 0 aliphatic heterocycles. The van der Waals surface area contributed by atoms with Crippen molar-refractivity contribution in [1.29, 1.82) is 0 Å². The van der Waals surface area contributed by atoms with E-state index in [-0.39, 0.29) is 31.5 Å². The Bertz CT molecular complexity index is 280. The molecule has 0 heterocycles. The third kappa shape index (κ3) is 10.0. The number of halogens is 2. The van der Waals surface area contributed by atoms with Gasteiger partial charge in [0.25, 0.3) is 0 Å². The van der Waals surface area contributed by atoms with Crippen molar-refractivity contribution in [2.75, 3.05) is 6.61 Å². The zero-order chi connectivity index (χ0) is 14.8. The normalized spacial score (nSPS) is 12.6. The zero-order valence-electron chi connectivity index (χ0n) is 11.7. The Morgan fingerprint density at radius 2 is 1.68 bits per heavy atom. The second kappa shape index (κ2) is 10.3. The van der Waals surface area contributed by atoms with Gasteiger partial charge in [-0.05, 0) is 18.8 Å². The molecule has 0 aromatic rings. The van der Waals surface area contributed by atoms with Crippen LogP contribution in [0.4, 0.5) is 0 Å². The lowest BCUT2D eigenvalue weighted by atomic mass is 10.1. The Hall–Kier alpha value is -0.480. The van der Waals surface area contributed by atoms with E-state index in [9.17, 15) is 9.59 Å². The molecule has 0 saturated heterocycles. The summed E-state index contributed by atoms with van der Waals surface area (Å²) in [5, 5.41) is 0. The van der Waals surface area contributed by atoms with Gasteiger partial charge in [0.1, 0.15) is 17.5 Å². The lowest BCUT2D eigenvalue weighted by Gasteiger charge is -2.19. The lowest BCUT2D eigenvalue weighted by molar-refractivity contribution is -0.151. The first-order valence-electron chi connectivity index (χ1n) is 6.50. The van der Waals surface area contributed by atoms with E-state index >= 15 is 0 Å². The fourth-order valence-corrected chi connectivity index (χ4v) is 1.65. The third-order valence-electron chi connectivity index (χ3n) is 2.56. The maximum absolute atomic E-state index is 11.5. The quantitative estimate of drug-likeness (QED) is 0.483. The highest BCUT2D eigenvalue weighted by molar-refractivity contribution is 6.44. The molecule has 0 aromatic carbocycles. The molecule has 6 heteroatoms. The van der Waals surface area contributed by atoms with Gasteiger partial charge < -0.3 is 9.47 Å². The molecule has 0 aromatic heterocycles. The molecule has 1 atom stereocenters. The average Bonchev–Trinajstić information content (AvgIpc) is 2.33. The molecule has 0 saturated carbocycles. The minimum atomic E-state index is -0.717.